The van der Waals surface area contributed by atoms with Gasteiger partial charge in [0.1, 0.15) is 11.2 Å². The zero-order valence-electron chi connectivity index (χ0n) is 38.1. The molecule has 1 atom stereocenters. The standard InChI is InChI=1S/C67H42N2O/c1-2-20-43(21-3-1)44-22-16-23-45(42-44)46-24-5-11-36-58(46)68(59-37-12-7-26-48(59)51-30-17-31-52-49-27-8-15-41-63(49)70-66(51)52)62-40-19-34-56-64(62)53-28-4-9-32-54(53)67(56)55-33-10-14-39-61(55)69-60-38-13-6-25-47(60)50-29-18-35-57(67)65(50)69/h1-42H. The van der Waals surface area contributed by atoms with Gasteiger partial charge >= 0.3 is 0 Å². The van der Waals surface area contributed by atoms with E-state index < -0.39 is 5.41 Å². The zero-order chi connectivity index (χ0) is 45.9. The van der Waals surface area contributed by atoms with Gasteiger partial charge in [-0.25, -0.2) is 0 Å². The number of para-hydroxylation sites is 7. The van der Waals surface area contributed by atoms with Crippen molar-refractivity contribution in [1.82, 2.24) is 4.57 Å². The first kappa shape index (κ1) is 38.9. The summed E-state index contributed by atoms with van der Waals surface area (Å²) < 4.78 is 9.34. The summed E-state index contributed by atoms with van der Waals surface area (Å²) in [4.78, 5) is 2.54. The molecule has 15 rings (SSSR count). The maximum Gasteiger partial charge on any atom is 0.143 e. The lowest BCUT2D eigenvalue weighted by molar-refractivity contribution is 0.670. The van der Waals surface area contributed by atoms with E-state index in [9.17, 15) is 0 Å². The second-order valence-corrected chi connectivity index (χ2v) is 18.7. The first-order valence-electron chi connectivity index (χ1n) is 24.2. The average molecular weight is 891 g/mol. The van der Waals surface area contributed by atoms with E-state index in [1.54, 1.807) is 0 Å². The molecule has 0 saturated carbocycles. The van der Waals surface area contributed by atoms with E-state index in [1.807, 2.05) is 0 Å². The summed E-state index contributed by atoms with van der Waals surface area (Å²) in [5.41, 5.74) is 22.4. The molecule has 13 aromatic rings. The van der Waals surface area contributed by atoms with Gasteiger partial charge in [0, 0.05) is 43.8 Å². The van der Waals surface area contributed by atoms with Gasteiger partial charge in [-0.2, -0.15) is 0 Å². The molecule has 1 aliphatic heterocycles. The topological polar surface area (TPSA) is 21.3 Å². The number of anilines is 3. The minimum absolute atomic E-state index is 0.614. The molecule has 3 heteroatoms. The minimum atomic E-state index is -0.614. The van der Waals surface area contributed by atoms with Gasteiger partial charge in [-0.05, 0) is 87.0 Å². The van der Waals surface area contributed by atoms with Crippen LogP contribution in [0.25, 0.3) is 93.9 Å². The molecule has 1 spiro atoms. The third kappa shape index (κ3) is 5.29. The molecule has 0 saturated heterocycles. The number of hydrogen-bond donors (Lipinski definition) is 0. The van der Waals surface area contributed by atoms with E-state index in [4.69, 9.17) is 4.42 Å². The molecule has 0 radical (unpaired) electrons. The van der Waals surface area contributed by atoms with Crippen LogP contribution in [0.5, 0.6) is 0 Å². The monoisotopic (exact) mass is 890 g/mol. The number of benzene rings is 11. The predicted molar refractivity (Wildman–Crippen MR) is 290 cm³/mol. The Morgan fingerprint density at radius 2 is 0.900 bits per heavy atom. The Balaban J connectivity index is 1.05. The van der Waals surface area contributed by atoms with Crippen LogP contribution >= 0.6 is 0 Å². The van der Waals surface area contributed by atoms with Crippen LogP contribution in [0.2, 0.25) is 0 Å². The van der Waals surface area contributed by atoms with Crippen LogP contribution in [-0.2, 0) is 5.41 Å². The van der Waals surface area contributed by atoms with Gasteiger partial charge in [-0.15, -0.1) is 0 Å². The Hall–Kier alpha value is -9.18. The van der Waals surface area contributed by atoms with Crippen molar-refractivity contribution in [3.8, 4) is 50.2 Å². The molecular weight excluding hydrogens is 849 g/mol. The highest BCUT2D eigenvalue weighted by Gasteiger charge is 2.51. The van der Waals surface area contributed by atoms with Crippen LogP contribution in [0, 0.1) is 0 Å². The van der Waals surface area contributed by atoms with Crippen molar-refractivity contribution in [3.05, 3.63) is 277 Å². The minimum Gasteiger partial charge on any atom is -0.455 e. The summed E-state index contributed by atoms with van der Waals surface area (Å²) in [6.45, 7) is 0. The van der Waals surface area contributed by atoms with Crippen molar-refractivity contribution >= 4 is 60.8 Å². The molecule has 2 aromatic heterocycles. The van der Waals surface area contributed by atoms with E-state index in [0.29, 0.717) is 0 Å². The second kappa shape index (κ2) is 14.9. The molecule has 0 N–H and O–H groups in total. The van der Waals surface area contributed by atoms with Crippen LogP contribution in [0.1, 0.15) is 22.3 Å². The molecule has 3 heterocycles. The summed E-state index contributed by atoms with van der Waals surface area (Å²) in [7, 11) is 0. The first-order chi connectivity index (χ1) is 34.8. The lowest BCUT2D eigenvalue weighted by atomic mass is 9.65. The zero-order valence-corrected chi connectivity index (χ0v) is 38.1. The number of fused-ring (bicyclic) bond motifs is 15. The molecular formula is C67H42N2O. The number of hydrogen-bond acceptors (Lipinski definition) is 2. The Bertz CT molecular complexity index is 4270. The number of rotatable bonds is 6. The number of furan rings is 1. The van der Waals surface area contributed by atoms with E-state index in [-0.39, 0.29) is 0 Å². The van der Waals surface area contributed by atoms with Gasteiger partial charge in [-0.1, -0.05) is 212 Å². The quantitative estimate of drug-likeness (QED) is 0.166. The lowest BCUT2D eigenvalue weighted by Crippen LogP contribution is -2.33. The fraction of sp³-hybridized carbons (Fsp3) is 0.0149. The van der Waals surface area contributed by atoms with Crippen molar-refractivity contribution in [2.75, 3.05) is 4.90 Å². The van der Waals surface area contributed by atoms with Gasteiger partial charge in [0.2, 0.25) is 0 Å². The second-order valence-electron chi connectivity index (χ2n) is 18.7. The van der Waals surface area contributed by atoms with Gasteiger partial charge in [-0.3, -0.25) is 0 Å². The predicted octanol–water partition coefficient (Wildman–Crippen LogP) is 17.8. The highest BCUT2D eigenvalue weighted by atomic mass is 16.3. The Morgan fingerprint density at radius 3 is 1.79 bits per heavy atom. The molecule has 1 aliphatic carbocycles. The van der Waals surface area contributed by atoms with Crippen LogP contribution in [-0.4, -0.2) is 4.57 Å². The SMILES string of the molecule is c1ccc(-c2cccc(-c3ccccc3N(c3ccccc3-c3cccc4c3oc3ccccc34)c3cccc4c3-c3ccccc3C43c4ccccc4-n4c5ccccc5c5cccc3c54)c2)cc1. The summed E-state index contributed by atoms with van der Waals surface area (Å²) in [5, 5.41) is 4.75. The van der Waals surface area contributed by atoms with Crippen molar-refractivity contribution < 1.29 is 4.42 Å². The highest BCUT2D eigenvalue weighted by molar-refractivity contribution is 6.14. The van der Waals surface area contributed by atoms with E-state index in [2.05, 4.69) is 264 Å². The summed E-state index contributed by atoms with van der Waals surface area (Å²) in [6, 6.07) is 93.7. The molecule has 3 nitrogen and oxygen atoms in total. The molecule has 11 aromatic carbocycles. The Labute approximate surface area is 405 Å². The van der Waals surface area contributed by atoms with Gasteiger partial charge in [0.15, 0.2) is 0 Å². The van der Waals surface area contributed by atoms with Crippen molar-refractivity contribution in [2.24, 2.45) is 0 Å². The average Bonchev–Trinajstić information content (AvgIpc) is 4.09. The number of aromatic nitrogens is 1. The smallest absolute Gasteiger partial charge is 0.143 e. The summed E-state index contributed by atoms with van der Waals surface area (Å²) >= 11 is 0. The van der Waals surface area contributed by atoms with Gasteiger partial charge in [0.05, 0.1) is 39.2 Å². The van der Waals surface area contributed by atoms with Gasteiger partial charge in [0.25, 0.3) is 0 Å². The fourth-order valence-corrected chi connectivity index (χ4v) is 12.4. The lowest BCUT2D eigenvalue weighted by Gasteiger charge is -2.39. The molecule has 0 fully saturated rings. The molecule has 0 amide bonds. The van der Waals surface area contributed by atoms with Crippen LogP contribution in [0.3, 0.4) is 0 Å². The third-order valence-corrected chi connectivity index (χ3v) is 15.2. The normalized spacial score (nSPS) is 14.3. The van der Waals surface area contributed by atoms with Crippen molar-refractivity contribution in [2.45, 2.75) is 5.41 Å². The van der Waals surface area contributed by atoms with Crippen molar-refractivity contribution in [1.29, 1.82) is 0 Å². The largest absolute Gasteiger partial charge is 0.455 e. The van der Waals surface area contributed by atoms with Crippen molar-refractivity contribution in [3.63, 3.8) is 0 Å². The summed E-state index contributed by atoms with van der Waals surface area (Å²) in [5.74, 6) is 0. The van der Waals surface area contributed by atoms with E-state index in [0.717, 1.165) is 61.3 Å². The molecule has 2 aliphatic rings. The highest BCUT2D eigenvalue weighted by Crippen LogP contribution is 2.64. The molecule has 326 valence electrons. The number of nitrogens with zero attached hydrogens (tertiary/aromatic N) is 2. The van der Waals surface area contributed by atoms with Crippen LogP contribution < -0.4 is 4.90 Å². The van der Waals surface area contributed by atoms with Crippen LogP contribution in [0.15, 0.2) is 259 Å². The van der Waals surface area contributed by atoms with E-state index in [1.165, 1.54) is 72.0 Å². The maximum absolute atomic E-state index is 6.82. The maximum atomic E-state index is 6.82. The Morgan fingerprint density at radius 1 is 0.343 bits per heavy atom. The summed E-state index contributed by atoms with van der Waals surface area (Å²) in [6.07, 6.45) is 0. The van der Waals surface area contributed by atoms with Crippen LogP contribution in [0.4, 0.5) is 17.1 Å². The first-order valence-corrected chi connectivity index (χ1v) is 24.2. The van der Waals surface area contributed by atoms with E-state index >= 15 is 0 Å². The molecule has 70 heavy (non-hydrogen) atoms. The fourth-order valence-electron chi connectivity index (χ4n) is 12.4. The molecule has 1 unspecified atom stereocenters. The molecule has 0 bridgehead atoms. The Kier molecular flexibility index (Phi) is 8.28. The third-order valence-electron chi connectivity index (χ3n) is 15.2. The van der Waals surface area contributed by atoms with Gasteiger partial charge < -0.3 is 13.9 Å².